The van der Waals surface area contributed by atoms with Gasteiger partial charge in [-0.05, 0) is 29.9 Å². The number of fused-ring (bicyclic) bond motifs is 1. The molecule has 1 aliphatic carbocycles. The van der Waals surface area contributed by atoms with Crippen molar-refractivity contribution in [2.75, 3.05) is 5.75 Å². The lowest BCUT2D eigenvalue weighted by Crippen LogP contribution is -2.46. The fraction of sp³-hybridized carbons (Fsp3) is 0.625. The standard InChI is InChI=1S/C16H23NO2S/c1-16(2)10-6-5-9-15(16)17-13-11-20(18,19)14-8-4-3-7-12(13)14/h3-4,7-8,13,15,17H,5-6,9-11H2,1-2H3. The maximum Gasteiger partial charge on any atom is 0.180 e. The molecule has 0 bridgehead atoms. The Balaban J connectivity index is 1.86. The Morgan fingerprint density at radius 2 is 1.95 bits per heavy atom. The van der Waals surface area contributed by atoms with Crippen LogP contribution in [0.1, 0.15) is 51.1 Å². The van der Waals surface area contributed by atoms with E-state index in [0.717, 1.165) is 12.0 Å². The van der Waals surface area contributed by atoms with Gasteiger partial charge in [0, 0.05) is 12.1 Å². The predicted molar refractivity (Wildman–Crippen MR) is 80.4 cm³/mol. The lowest BCUT2D eigenvalue weighted by atomic mass is 9.73. The zero-order chi connectivity index (χ0) is 14.4. The Bertz CT molecular complexity index is 607. The second-order valence-electron chi connectivity index (χ2n) is 6.83. The van der Waals surface area contributed by atoms with Crippen LogP contribution in [-0.2, 0) is 9.84 Å². The highest BCUT2D eigenvalue weighted by molar-refractivity contribution is 7.91. The minimum absolute atomic E-state index is 0.0430. The molecule has 0 radical (unpaired) electrons. The zero-order valence-corrected chi connectivity index (χ0v) is 13.0. The molecule has 2 atom stereocenters. The van der Waals surface area contributed by atoms with Gasteiger partial charge in [-0.3, -0.25) is 0 Å². The van der Waals surface area contributed by atoms with Crippen molar-refractivity contribution in [2.45, 2.75) is 56.5 Å². The van der Waals surface area contributed by atoms with Gasteiger partial charge in [0.05, 0.1) is 10.6 Å². The summed E-state index contributed by atoms with van der Waals surface area (Å²) in [7, 11) is -3.11. The van der Waals surface area contributed by atoms with Gasteiger partial charge in [-0.15, -0.1) is 0 Å². The van der Waals surface area contributed by atoms with Gasteiger partial charge < -0.3 is 5.32 Å². The Labute approximate surface area is 121 Å². The summed E-state index contributed by atoms with van der Waals surface area (Å²) in [6, 6.07) is 7.79. The molecule has 0 spiro atoms. The third kappa shape index (κ3) is 2.40. The van der Waals surface area contributed by atoms with E-state index in [1.54, 1.807) is 6.07 Å². The van der Waals surface area contributed by atoms with E-state index in [-0.39, 0.29) is 17.2 Å². The van der Waals surface area contributed by atoms with Crippen molar-refractivity contribution in [3.63, 3.8) is 0 Å². The highest BCUT2D eigenvalue weighted by atomic mass is 32.2. The first-order valence-corrected chi connectivity index (χ1v) is 9.13. The van der Waals surface area contributed by atoms with Crippen LogP contribution in [0.15, 0.2) is 29.2 Å². The third-order valence-corrected chi connectivity index (χ3v) is 6.74. The van der Waals surface area contributed by atoms with E-state index in [0.29, 0.717) is 10.9 Å². The first-order valence-electron chi connectivity index (χ1n) is 7.48. The predicted octanol–water partition coefficient (Wildman–Crippen LogP) is 3.07. The Kier molecular flexibility index (Phi) is 3.41. The molecule has 3 rings (SSSR count). The first kappa shape index (κ1) is 14.1. The number of sulfone groups is 1. The van der Waals surface area contributed by atoms with Crippen molar-refractivity contribution in [3.8, 4) is 0 Å². The van der Waals surface area contributed by atoms with Gasteiger partial charge in [-0.25, -0.2) is 8.42 Å². The smallest absolute Gasteiger partial charge is 0.180 e. The summed E-state index contributed by atoms with van der Waals surface area (Å²) in [5.74, 6) is 0.207. The molecule has 1 fully saturated rings. The van der Waals surface area contributed by atoms with Crippen molar-refractivity contribution in [2.24, 2.45) is 5.41 Å². The van der Waals surface area contributed by atoms with E-state index in [4.69, 9.17) is 0 Å². The fourth-order valence-corrected chi connectivity index (χ4v) is 5.38. The highest BCUT2D eigenvalue weighted by Crippen LogP contribution is 2.39. The summed E-state index contributed by atoms with van der Waals surface area (Å²) in [4.78, 5) is 0.520. The molecule has 1 saturated carbocycles. The molecule has 1 aromatic carbocycles. The van der Waals surface area contributed by atoms with Gasteiger partial charge in [0.15, 0.2) is 9.84 Å². The molecule has 0 aromatic heterocycles. The van der Waals surface area contributed by atoms with Gasteiger partial charge >= 0.3 is 0 Å². The molecule has 3 nitrogen and oxygen atoms in total. The van der Waals surface area contributed by atoms with Crippen LogP contribution in [0.3, 0.4) is 0 Å². The van der Waals surface area contributed by atoms with Crippen LogP contribution in [-0.4, -0.2) is 20.2 Å². The van der Waals surface area contributed by atoms with E-state index < -0.39 is 9.84 Å². The second-order valence-corrected chi connectivity index (χ2v) is 8.83. The molecule has 110 valence electrons. The molecule has 0 saturated heterocycles. The third-order valence-electron chi connectivity index (χ3n) is 4.93. The lowest BCUT2D eigenvalue weighted by Gasteiger charge is -2.40. The number of nitrogens with one attached hydrogen (secondary N) is 1. The molecule has 1 aromatic rings. The van der Waals surface area contributed by atoms with Crippen molar-refractivity contribution in [1.29, 1.82) is 0 Å². The van der Waals surface area contributed by atoms with Gasteiger partial charge in [0.1, 0.15) is 0 Å². The molecular weight excluding hydrogens is 270 g/mol. The Morgan fingerprint density at radius 3 is 2.70 bits per heavy atom. The molecule has 2 aliphatic rings. The van der Waals surface area contributed by atoms with E-state index in [1.807, 2.05) is 18.2 Å². The lowest BCUT2D eigenvalue weighted by molar-refractivity contribution is 0.158. The summed E-state index contributed by atoms with van der Waals surface area (Å²) < 4.78 is 24.5. The largest absolute Gasteiger partial charge is 0.306 e. The molecule has 1 N–H and O–H groups in total. The van der Waals surface area contributed by atoms with E-state index >= 15 is 0 Å². The van der Waals surface area contributed by atoms with Crippen molar-refractivity contribution in [3.05, 3.63) is 29.8 Å². The molecular formula is C16H23NO2S. The van der Waals surface area contributed by atoms with Gasteiger partial charge in [-0.1, -0.05) is 44.9 Å². The molecule has 1 heterocycles. The molecule has 1 aliphatic heterocycles. The average Bonchev–Trinajstić information content (AvgIpc) is 2.64. The van der Waals surface area contributed by atoms with Crippen LogP contribution in [0.2, 0.25) is 0 Å². The van der Waals surface area contributed by atoms with Gasteiger partial charge in [0.25, 0.3) is 0 Å². The summed E-state index contributed by atoms with van der Waals surface area (Å²) in [5.41, 5.74) is 1.20. The zero-order valence-electron chi connectivity index (χ0n) is 12.2. The van der Waals surface area contributed by atoms with Crippen LogP contribution in [0.5, 0.6) is 0 Å². The maximum atomic E-state index is 12.2. The first-order chi connectivity index (χ1) is 9.40. The monoisotopic (exact) mass is 293 g/mol. The maximum absolute atomic E-state index is 12.2. The van der Waals surface area contributed by atoms with Crippen molar-refractivity contribution >= 4 is 9.84 Å². The van der Waals surface area contributed by atoms with Crippen LogP contribution in [0.4, 0.5) is 0 Å². The Hall–Kier alpha value is -0.870. The molecule has 20 heavy (non-hydrogen) atoms. The molecule has 2 unspecified atom stereocenters. The van der Waals surface area contributed by atoms with Crippen LogP contribution < -0.4 is 5.32 Å². The van der Waals surface area contributed by atoms with Gasteiger partial charge in [0.2, 0.25) is 0 Å². The van der Waals surface area contributed by atoms with Crippen LogP contribution in [0, 0.1) is 5.41 Å². The number of hydrogen-bond acceptors (Lipinski definition) is 3. The van der Waals surface area contributed by atoms with E-state index in [2.05, 4.69) is 19.2 Å². The number of rotatable bonds is 2. The Morgan fingerprint density at radius 1 is 1.20 bits per heavy atom. The fourth-order valence-electron chi connectivity index (χ4n) is 3.63. The summed E-state index contributed by atoms with van der Waals surface area (Å²) in [5, 5.41) is 3.64. The summed E-state index contributed by atoms with van der Waals surface area (Å²) >= 11 is 0. The topological polar surface area (TPSA) is 46.2 Å². The highest BCUT2D eigenvalue weighted by Gasteiger charge is 2.39. The minimum Gasteiger partial charge on any atom is -0.306 e. The number of hydrogen-bond donors (Lipinski definition) is 1. The molecule has 0 amide bonds. The van der Waals surface area contributed by atoms with Crippen LogP contribution >= 0.6 is 0 Å². The van der Waals surface area contributed by atoms with Crippen molar-refractivity contribution in [1.82, 2.24) is 5.32 Å². The average molecular weight is 293 g/mol. The van der Waals surface area contributed by atoms with E-state index in [9.17, 15) is 8.42 Å². The normalized spacial score (nSPS) is 30.9. The summed E-state index contributed by atoms with van der Waals surface area (Å²) in [6.45, 7) is 4.58. The molecule has 4 heteroatoms. The SMILES string of the molecule is CC1(C)CCCCC1NC1CS(=O)(=O)c2ccccc21. The minimum atomic E-state index is -3.11. The summed E-state index contributed by atoms with van der Waals surface area (Å²) in [6.07, 6.45) is 4.88. The van der Waals surface area contributed by atoms with E-state index in [1.165, 1.54) is 19.3 Å². The van der Waals surface area contributed by atoms with Gasteiger partial charge in [-0.2, -0.15) is 0 Å². The number of benzene rings is 1. The quantitative estimate of drug-likeness (QED) is 0.911. The van der Waals surface area contributed by atoms with Crippen LogP contribution in [0.25, 0.3) is 0 Å². The second kappa shape index (κ2) is 4.85. The van der Waals surface area contributed by atoms with Crippen molar-refractivity contribution < 1.29 is 8.42 Å².